The lowest BCUT2D eigenvalue weighted by molar-refractivity contribution is 0.602. The number of para-hydroxylation sites is 1. The van der Waals surface area contributed by atoms with Gasteiger partial charge >= 0.3 is 0 Å². The van der Waals surface area contributed by atoms with E-state index in [1.165, 1.54) is 6.26 Å². The zero-order valence-electron chi connectivity index (χ0n) is 14.3. The SMILES string of the molecule is CS(=O)(=O)c1ccc(-c2ccccc2-c2cnc3ccccc3c2)cc1. The number of aromatic nitrogens is 1. The highest BCUT2D eigenvalue weighted by Gasteiger charge is 2.10. The molecule has 1 heterocycles. The summed E-state index contributed by atoms with van der Waals surface area (Å²) in [7, 11) is -3.20. The second-order valence-electron chi connectivity index (χ2n) is 6.26. The van der Waals surface area contributed by atoms with Crippen molar-refractivity contribution in [1.82, 2.24) is 4.98 Å². The number of rotatable bonds is 3. The van der Waals surface area contributed by atoms with Gasteiger partial charge in [-0.1, -0.05) is 54.6 Å². The third kappa shape index (κ3) is 3.11. The molecule has 3 aromatic carbocycles. The van der Waals surface area contributed by atoms with Crippen LogP contribution in [0.2, 0.25) is 0 Å². The van der Waals surface area contributed by atoms with Gasteiger partial charge in [0.1, 0.15) is 0 Å². The Morgan fingerprint density at radius 2 is 1.35 bits per heavy atom. The van der Waals surface area contributed by atoms with E-state index in [0.717, 1.165) is 33.2 Å². The van der Waals surface area contributed by atoms with Gasteiger partial charge in [-0.3, -0.25) is 4.98 Å². The molecule has 0 spiro atoms. The summed E-state index contributed by atoms with van der Waals surface area (Å²) in [6.07, 6.45) is 3.10. The third-order valence-electron chi connectivity index (χ3n) is 4.42. The Bertz CT molecular complexity index is 1200. The average Bonchev–Trinajstić information content (AvgIpc) is 2.67. The van der Waals surface area contributed by atoms with Crippen LogP contribution in [0.25, 0.3) is 33.2 Å². The zero-order chi connectivity index (χ0) is 18.1. The Morgan fingerprint density at radius 1 is 0.731 bits per heavy atom. The quantitative estimate of drug-likeness (QED) is 0.519. The maximum Gasteiger partial charge on any atom is 0.175 e. The Morgan fingerprint density at radius 3 is 2.04 bits per heavy atom. The molecule has 0 aliphatic heterocycles. The molecule has 26 heavy (non-hydrogen) atoms. The normalized spacial score (nSPS) is 11.6. The highest BCUT2D eigenvalue weighted by molar-refractivity contribution is 7.90. The van der Waals surface area contributed by atoms with Gasteiger partial charge in [-0.15, -0.1) is 0 Å². The summed E-state index contributed by atoms with van der Waals surface area (Å²) >= 11 is 0. The molecule has 1 aromatic heterocycles. The van der Waals surface area contributed by atoms with Crippen molar-refractivity contribution in [3.63, 3.8) is 0 Å². The summed E-state index contributed by atoms with van der Waals surface area (Å²) in [5, 5.41) is 1.09. The van der Waals surface area contributed by atoms with Crippen LogP contribution in [0.3, 0.4) is 0 Å². The molecule has 0 aliphatic rings. The van der Waals surface area contributed by atoms with Crippen LogP contribution in [-0.2, 0) is 9.84 Å². The Kier molecular flexibility index (Phi) is 4.05. The molecule has 128 valence electrons. The highest BCUT2D eigenvalue weighted by Crippen LogP contribution is 2.33. The van der Waals surface area contributed by atoms with E-state index < -0.39 is 9.84 Å². The van der Waals surface area contributed by atoms with E-state index in [-0.39, 0.29) is 0 Å². The largest absolute Gasteiger partial charge is 0.256 e. The van der Waals surface area contributed by atoms with Crippen LogP contribution in [0.1, 0.15) is 0 Å². The Labute approximate surface area is 152 Å². The molecule has 0 atom stereocenters. The van der Waals surface area contributed by atoms with Crippen molar-refractivity contribution in [2.75, 3.05) is 6.26 Å². The molecule has 0 unspecified atom stereocenters. The van der Waals surface area contributed by atoms with Crippen molar-refractivity contribution in [3.8, 4) is 22.3 Å². The van der Waals surface area contributed by atoms with Gasteiger partial charge in [-0.05, 0) is 41.0 Å². The average molecular weight is 359 g/mol. The Hall–Kier alpha value is -2.98. The first-order valence-electron chi connectivity index (χ1n) is 8.27. The van der Waals surface area contributed by atoms with Gasteiger partial charge in [-0.25, -0.2) is 8.42 Å². The van der Waals surface area contributed by atoms with E-state index in [1.807, 2.05) is 54.7 Å². The fraction of sp³-hybridized carbons (Fsp3) is 0.0455. The minimum absolute atomic E-state index is 0.325. The third-order valence-corrected chi connectivity index (χ3v) is 5.55. The number of sulfone groups is 1. The van der Waals surface area contributed by atoms with Crippen molar-refractivity contribution in [1.29, 1.82) is 0 Å². The molecule has 0 amide bonds. The monoisotopic (exact) mass is 359 g/mol. The maximum absolute atomic E-state index is 11.7. The second kappa shape index (κ2) is 6.39. The molecule has 0 fully saturated rings. The number of benzene rings is 3. The summed E-state index contributed by atoms with van der Waals surface area (Å²) in [5.74, 6) is 0. The van der Waals surface area contributed by atoms with Crippen LogP contribution in [-0.4, -0.2) is 19.7 Å². The second-order valence-corrected chi connectivity index (χ2v) is 8.27. The minimum atomic E-state index is -3.20. The number of pyridine rings is 1. The van der Waals surface area contributed by atoms with E-state index >= 15 is 0 Å². The van der Waals surface area contributed by atoms with Gasteiger partial charge < -0.3 is 0 Å². The predicted molar refractivity (Wildman–Crippen MR) is 106 cm³/mol. The van der Waals surface area contributed by atoms with Crippen molar-refractivity contribution >= 4 is 20.7 Å². The van der Waals surface area contributed by atoms with Crippen molar-refractivity contribution in [2.24, 2.45) is 0 Å². The maximum atomic E-state index is 11.7. The van der Waals surface area contributed by atoms with E-state index in [1.54, 1.807) is 12.1 Å². The first kappa shape index (κ1) is 16.5. The molecular weight excluding hydrogens is 342 g/mol. The van der Waals surface area contributed by atoms with Gasteiger partial charge in [0.05, 0.1) is 10.4 Å². The molecule has 0 bridgehead atoms. The number of hydrogen-bond donors (Lipinski definition) is 0. The Balaban J connectivity index is 1.84. The van der Waals surface area contributed by atoms with Crippen LogP contribution in [0.4, 0.5) is 0 Å². The van der Waals surface area contributed by atoms with Gasteiger partial charge in [0.25, 0.3) is 0 Å². The summed E-state index contributed by atoms with van der Waals surface area (Å²) in [6.45, 7) is 0. The predicted octanol–water partition coefficient (Wildman–Crippen LogP) is 4.97. The molecular formula is C22H17NO2S. The topological polar surface area (TPSA) is 47.0 Å². The lowest BCUT2D eigenvalue weighted by Gasteiger charge is -2.11. The van der Waals surface area contributed by atoms with Crippen LogP contribution in [0.5, 0.6) is 0 Å². The van der Waals surface area contributed by atoms with Crippen LogP contribution in [0.15, 0.2) is 90.0 Å². The highest BCUT2D eigenvalue weighted by atomic mass is 32.2. The molecule has 0 saturated carbocycles. The number of fused-ring (bicyclic) bond motifs is 1. The molecule has 3 nitrogen and oxygen atoms in total. The first-order chi connectivity index (χ1) is 12.5. The first-order valence-corrected chi connectivity index (χ1v) is 10.2. The van der Waals surface area contributed by atoms with Crippen molar-refractivity contribution in [3.05, 3.63) is 85.1 Å². The van der Waals surface area contributed by atoms with Crippen molar-refractivity contribution in [2.45, 2.75) is 4.90 Å². The van der Waals surface area contributed by atoms with Crippen LogP contribution >= 0.6 is 0 Å². The van der Waals surface area contributed by atoms with Crippen LogP contribution in [0, 0.1) is 0 Å². The molecule has 0 saturated heterocycles. The summed E-state index contributed by atoms with van der Waals surface area (Å²) < 4.78 is 23.4. The number of nitrogens with zero attached hydrogens (tertiary/aromatic N) is 1. The summed E-state index contributed by atoms with van der Waals surface area (Å²) in [6, 6.07) is 25.3. The van der Waals surface area contributed by atoms with E-state index in [9.17, 15) is 8.42 Å². The summed E-state index contributed by atoms with van der Waals surface area (Å²) in [4.78, 5) is 4.88. The lowest BCUT2D eigenvalue weighted by atomic mass is 9.95. The van der Waals surface area contributed by atoms with Gasteiger partial charge in [-0.2, -0.15) is 0 Å². The standard InChI is InChI=1S/C22H17NO2S/c1-26(24,25)19-12-10-16(11-13-19)20-7-3-4-8-21(20)18-14-17-6-2-5-9-22(17)23-15-18/h2-15H,1H3. The van der Waals surface area contributed by atoms with E-state index in [4.69, 9.17) is 0 Å². The van der Waals surface area contributed by atoms with Crippen molar-refractivity contribution < 1.29 is 8.42 Å². The smallest absolute Gasteiger partial charge is 0.175 e. The van der Waals surface area contributed by atoms with Gasteiger partial charge in [0, 0.05) is 23.4 Å². The fourth-order valence-corrected chi connectivity index (χ4v) is 3.72. The van der Waals surface area contributed by atoms with E-state index in [0.29, 0.717) is 4.90 Å². The molecule has 4 heteroatoms. The summed E-state index contributed by atoms with van der Waals surface area (Å²) in [5.41, 5.74) is 5.08. The lowest BCUT2D eigenvalue weighted by Crippen LogP contribution is -1.96. The van der Waals surface area contributed by atoms with Gasteiger partial charge in [0.15, 0.2) is 9.84 Å². The zero-order valence-corrected chi connectivity index (χ0v) is 15.1. The van der Waals surface area contributed by atoms with Crippen LogP contribution < -0.4 is 0 Å². The molecule has 0 radical (unpaired) electrons. The molecule has 4 rings (SSSR count). The fourth-order valence-electron chi connectivity index (χ4n) is 3.09. The minimum Gasteiger partial charge on any atom is -0.256 e. The molecule has 0 aliphatic carbocycles. The number of hydrogen-bond acceptors (Lipinski definition) is 3. The molecule has 0 N–H and O–H groups in total. The van der Waals surface area contributed by atoms with E-state index in [2.05, 4.69) is 23.2 Å². The molecule has 4 aromatic rings. The van der Waals surface area contributed by atoms with Gasteiger partial charge in [0.2, 0.25) is 0 Å².